The Balaban J connectivity index is 2.77. The average Bonchev–Trinajstić information content (AvgIpc) is 2.43. The van der Waals surface area contributed by atoms with Gasteiger partial charge in [0.15, 0.2) is 6.61 Å². The SMILES string of the molecule is CC(=O)N[C@H](Cc1ccc(OCC(=O)O)cc1)C(=O)OC(C)(C)C. The third kappa shape index (κ3) is 7.62. The minimum absolute atomic E-state index is 0.258. The molecule has 0 unspecified atom stereocenters. The van der Waals surface area contributed by atoms with Crippen molar-refractivity contribution in [2.45, 2.75) is 45.8 Å². The van der Waals surface area contributed by atoms with Crippen molar-refractivity contribution in [3.8, 4) is 5.75 Å². The number of amides is 1. The Labute approximate surface area is 141 Å². The van der Waals surface area contributed by atoms with Crippen LogP contribution in [0.3, 0.4) is 0 Å². The van der Waals surface area contributed by atoms with E-state index in [1.54, 1.807) is 45.0 Å². The van der Waals surface area contributed by atoms with E-state index in [4.69, 9.17) is 14.6 Å². The smallest absolute Gasteiger partial charge is 0.341 e. The predicted octanol–water partition coefficient (Wildman–Crippen LogP) is 1.54. The molecule has 0 radical (unpaired) electrons. The quantitative estimate of drug-likeness (QED) is 0.732. The van der Waals surface area contributed by atoms with Crippen molar-refractivity contribution < 1.29 is 29.0 Å². The molecule has 0 heterocycles. The van der Waals surface area contributed by atoms with Crippen LogP contribution in [0.1, 0.15) is 33.3 Å². The molecule has 1 atom stereocenters. The Morgan fingerprint density at radius 1 is 1.17 bits per heavy atom. The summed E-state index contributed by atoms with van der Waals surface area (Å²) in [6.07, 6.45) is 0.258. The van der Waals surface area contributed by atoms with Crippen LogP contribution in [0.4, 0.5) is 0 Å². The van der Waals surface area contributed by atoms with E-state index in [-0.39, 0.29) is 12.3 Å². The summed E-state index contributed by atoms with van der Waals surface area (Å²) in [5, 5.41) is 11.2. The van der Waals surface area contributed by atoms with Gasteiger partial charge in [-0.25, -0.2) is 9.59 Å². The summed E-state index contributed by atoms with van der Waals surface area (Å²) in [4.78, 5) is 34.0. The number of carbonyl (C=O) groups is 3. The van der Waals surface area contributed by atoms with Gasteiger partial charge in [-0.3, -0.25) is 4.79 Å². The fraction of sp³-hybridized carbons (Fsp3) is 0.471. The molecular formula is C17H23NO6. The van der Waals surface area contributed by atoms with Crippen LogP contribution >= 0.6 is 0 Å². The van der Waals surface area contributed by atoms with Crippen molar-refractivity contribution in [1.82, 2.24) is 5.32 Å². The number of carbonyl (C=O) groups excluding carboxylic acids is 2. The first-order chi connectivity index (χ1) is 11.1. The van der Waals surface area contributed by atoms with E-state index in [1.165, 1.54) is 6.92 Å². The monoisotopic (exact) mass is 337 g/mol. The second-order valence-corrected chi connectivity index (χ2v) is 6.32. The van der Waals surface area contributed by atoms with Gasteiger partial charge in [-0.05, 0) is 38.5 Å². The number of carboxylic acids is 1. The van der Waals surface area contributed by atoms with Gasteiger partial charge in [0.05, 0.1) is 0 Å². The van der Waals surface area contributed by atoms with Crippen molar-refractivity contribution >= 4 is 17.8 Å². The normalized spacial score (nSPS) is 12.2. The second kappa shape index (κ2) is 8.33. The van der Waals surface area contributed by atoms with Gasteiger partial charge in [-0.15, -0.1) is 0 Å². The van der Waals surface area contributed by atoms with Crippen LogP contribution in [-0.4, -0.2) is 41.2 Å². The molecule has 1 aromatic rings. The molecule has 0 fully saturated rings. The van der Waals surface area contributed by atoms with Gasteiger partial charge in [-0.1, -0.05) is 12.1 Å². The molecule has 132 valence electrons. The van der Waals surface area contributed by atoms with Crippen molar-refractivity contribution in [3.05, 3.63) is 29.8 Å². The van der Waals surface area contributed by atoms with Crippen molar-refractivity contribution in [2.24, 2.45) is 0 Å². The Kier molecular flexibility index (Phi) is 6.76. The van der Waals surface area contributed by atoms with E-state index >= 15 is 0 Å². The molecule has 1 aromatic carbocycles. The van der Waals surface area contributed by atoms with Crippen LogP contribution in [0.5, 0.6) is 5.75 Å². The zero-order valence-corrected chi connectivity index (χ0v) is 14.3. The molecule has 0 aliphatic carbocycles. The minimum atomic E-state index is -1.06. The zero-order valence-electron chi connectivity index (χ0n) is 14.3. The lowest BCUT2D eigenvalue weighted by Gasteiger charge is -2.24. The van der Waals surface area contributed by atoms with Crippen LogP contribution in [0.25, 0.3) is 0 Å². The molecule has 1 rings (SSSR count). The third-order valence-electron chi connectivity index (χ3n) is 2.79. The summed E-state index contributed by atoms with van der Waals surface area (Å²) in [5.74, 6) is -1.49. The lowest BCUT2D eigenvalue weighted by Crippen LogP contribution is -2.44. The number of rotatable bonds is 7. The van der Waals surface area contributed by atoms with Crippen LogP contribution in [0.2, 0.25) is 0 Å². The van der Waals surface area contributed by atoms with Crippen molar-refractivity contribution in [1.29, 1.82) is 0 Å². The fourth-order valence-electron chi connectivity index (χ4n) is 1.91. The molecule has 0 spiro atoms. The fourth-order valence-corrected chi connectivity index (χ4v) is 1.91. The molecule has 7 nitrogen and oxygen atoms in total. The maximum atomic E-state index is 12.2. The number of esters is 1. The molecule has 0 aliphatic rings. The molecule has 1 amide bonds. The highest BCUT2D eigenvalue weighted by Crippen LogP contribution is 2.15. The second-order valence-electron chi connectivity index (χ2n) is 6.32. The first-order valence-electron chi connectivity index (χ1n) is 7.50. The standard InChI is InChI=1S/C17H23NO6/c1-11(19)18-14(16(22)24-17(2,3)4)9-12-5-7-13(8-6-12)23-10-15(20)21/h5-8,14H,9-10H2,1-4H3,(H,18,19)(H,20,21)/t14-/m1/s1. The summed E-state index contributed by atoms with van der Waals surface area (Å²) in [6.45, 7) is 6.17. The molecule has 0 saturated carbocycles. The van der Waals surface area contributed by atoms with E-state index in [0.29, 0.717) is 5.75 Å². The predicted molar refractivity (Wildman–Crippen MR) is 86.7 cm³/mol. The van der Waals surface area contributed by atoms with Gasteiger partial charge in [0.25, 0.3) is 0 Å². The Morgan fingerprint density at radius 3 is 2.21 bits per heavy atom. The van der Waals surface area contributed by atoms with Gasteiger partial charge in [0, 0.05) is 13.3 Å². The van der Waals surface area contributed by atoms with Crippen LogP contribution in [0.15, 0.2) is 24.3 Å². The Hall–Kier alpha value is -2.57. The largest absolute Gasteiger partial charge is 0.482 e. The lowest BCUT2D eigenvalue weighted by atomic mass is 10.1. The molecule has 0 saturated heterocycles. The number of hydrogen-bond donors (Lipinski definition) is 2. The van der Waals surface area contributed by atoms with Crippen LogP contribution < -0.4 is 10.1 Å². The van der Waals surface area contributed by atoms with E-state index in [9.17, 15) is 14.4 Å². The van der Waals surface area contributed by atoms with E-state index < -0.39 is 30.2 Å². The summed E-state index contributed by atoms with van der Waals surface area (Å²) in [6, 6.07) is 5.83. The average molecular weight is 337 g/mol. The molecule has 2 N–H and O–H groups in total. The van der Waals surface area contributed by atoms with Crippen LogP contribution in [0, 0.1) is 0 Å². The highest BCUT2D eigenvalue weighted by atomic mass is 16.6. The highest BCUT2D eigenvalue weighted by molar-refractivity contribution is 5.83. The zero-order chi connectivity index (χ0) is 18.3. The summed E-state index contributed by atoms with van der Waals surface area (Å²) in [7, 11) is 0. The van der Waals surface area contributed by atoms with Gasteiger partial charge >= 0.3 is 11.9 Å². The van der Waals surface area contributed by atoms with E-state index in [0.717, 1.165) is 5.56 Å². The lowest BCUT2D eigenvalue weighted by molar-refractivity contribution is -0.158. The molecule has 0 bridgehead atoms. The summed E-state index contributed by atoms with van der Waals surface area (Å²) < 4.78 is 10.4. The number of benzene rings is 1. The molecule has 24 heavy (non-hydrogen) atoms. The highest BCUT2D eigenvalue weighted by Gasteiger charge is 2.26. The van der Waals surface area contributed by atoms with Crippen LogP contribution in [-0.2, 0) is 25.5 Å². The maximum absolute atomic E-state index is 12.2. The topological polar surface area (TPSA) is 102 Å². The number of aliphatic carboxylic acids is 1. The maximum Gasteiger partial charge on any atom is 0.341 e. The Bertz CT molecular complexity index is 588. The van der Waals surface area contributed by atoms with Crippen molar-refractivity contribution in [3.63, 3.8) is 0 Å². The first-order valence-corrected chi connectivity index (χ1v) is 7.50. The number of ether oxygens (including phenoxy) is 2. The van der Waals surface area contributed by atoms with Gasteiger partial charge in [0.2, 0.25) is 5.91 Å². The number of nitrogens with one attached hydrogen (secondary N) is 1. The molecule has 0 aromatic heterocycles. The molecule has 0 aliphatic heterocycles. The molecule has 7 heteroatoms. The third-order valence-corrected chi connectivity index (χ3v) is 2.79. The van der Waals surface area contributed by atoms with Gasteiger partial charge < -0.3 is 19.9 Å². The van der Waals surface area contributed by atoms with Gasteiger partial charge in [-0.2, -0.15) is 0 Å². The minimum Gasteiger partial charge on any atom is -0.482 e. The van der Waals surface area contributed by atoms with E-state index in [2.05, 4.69) is 5.32 Å². The first kappa shape index (κ1) is 19.5. The summed E-state index contributed by atoms with van der Waals surface area (Å²) in [5.41, 5.74) is 0.129. The van der Waals surface area contributed by atoms with E-state index in [1.807, 2.05) is 0 Å². The summed E-state index contributed by atoms with van der Waals surface area (Å²) >= 11 is 0. The number of carboxylic acid groups (broad SMARTS) is 1. The van der Waals surface area contributed by atoms with Crippen molar-refractivity contribution in [2.75, 3.05) is 6.61 Å². The van der Waals surface area contributed by atoms with Gasteiger partial charge in [0.1, 0.15) is 17.4 Å². The Morgan fingerprint density at radius 2 is 1.75 bits per heavy atom. The number of hydrogen-bond acceptors (Lipinski definition) is 5. The molecular weight excluding hydrogens is 314 g/mol.